The number of aromatic nitrogens is 1. The van der Waals surface area contributed by atoms with Crippen molar-refractivity contribution in [2.45, 2.75) is 65.0 Å². The van der Waals surface area contributed by atoms with Gasteiger partial charge in [-0.1, -0.05) is 43.3 Å². The lowest BCUT2D eigenvalue weighted by Gasteiger charge is -2.39. The summed E-state index contributed by atoms with van der Waals surface area (Å²) in [7, 11) is 1.79. The fourth-order valence-electron chi connectivity index (χ4n) is 7.27. The lowest BCUT2D eigenvalue weighted by Crippen LogP contribution is -2.50. The normalized spacial score (nSPS) is 17.8. The standard InChI is InChI=1S/C37H48N4O3/c1-6-19-39(28-17-18-29-27(26-28)11-9-16-34(29)43-5)23-20-38-21-24-40(25-22-38)32-14-10-15-33-35(32)30-12-7-8-13-31(30)41(33)36(42)44-37(2,3)4/h7-16,28H,6,17-26H2,1-5H3/t28-/m0/s1. The van der Waals surface area contributed by atoms with E-state index in [-0.39, 0.29) is 6.09 Å². The maximum atomic E-state index is 13.4. The van der Waals surface area contributed by atoms with Crippen molar-refractivity contribution in [3.8, 4) is 5.75 Å². The number of carbonyl (C=O) groups excluding carboxylic acids is 1. The highest BCUT2D eigenvalue weighted by atomic mass is 16.6. The Morgan fingerprint density at radius 3 is 2.43 bits per heavy atom. The van der Waals surface area contributed by atoms with E-state index in [4.69, 9.17) is 9.47 Å². The molecule has 44 heavy (non-hydrogen) atoms. The number of anilines is 1. The van der Waals surface area contributed by atoms with Gasteiger partial charge in [0.25, 0.3) is 0 Å². The lowest BCUT2D eigenvalue weighted by molar-refractivity contribution is 0.0551. The van der Waals surface area contributed by atoms with Crippen LogP contribution in [-0.4, -0.2) is 85.0 Å². The van der Waals surface area contributed by atoms with Crippen LogP contribution in [0.3, 0.4) is 0 Å². The molecule has 2 aliphatic rings. The molecule has 1 aliphatic heterocycles. The first-order valence-corrected chi connectivity index (χ1v) is 16.4. The van der Waals surface area contributed by atoms with E-state index >= 15 is 0 Å². The number of fused-ring (bicyclic) bond motifs is 4. The van der Waals surface area contributed by atoms with Gasteiger partial charge in [-0.2, -0.15) is 0 Å². The zero-order valence-corrected chi connectivity index (χ0v) is 27.1. The molecule has 0 saturated carbocycles. The molecule has 0 spiro atoms. The number of nitrogens with zero attached hydrogens (tertiary/aromatic N) is 4. The second-order valence-electron chi connectivity index (χ2n) is 13.4. The molecule has 234 valence electrons. The summed E-state index contributed by atoms with van der Waals surface area (Å²) >= 11 is 0. The van der Waals surface area contributed by atoms with Gasteiger partial charge in [0.2, 0.25) is 0 Å². The third kappa shape index (κ3) is 6.18. The number of rotatable bonds is 8. The molecule has 3 aromatic carbocycles. The number of para-hydroxylation sites is 1. The van der Waals surface area contributed by atoms with Crippen molar-refractivity contribution in [3.63, 3.8) is 0 Å². The summed E-state index contributed by atoms with van der Waals surface area (Å²) in [5.74, 6) is 1.05. The van der Waals surface area contributed by atoms with Gasteiger partial charge in [0.15, 0.2) is 0 Å². The molecule has 2 heterocycles. The Balaban J connectivity index is 1.14. The number of carbonyl (C=O) groups is 1. The Hall–Kier alpha value is -3.55. The summed E-state index contributed by atoms with van der Waals surface area (Å²) in [6, 6.07) is 21.6. The fourth-order valence-corrected chi connectivity index (χ4v) is 7.27. The molecule has 4 aromatic rings. The highest BCUT2D eigenvalue weighted by Crippen LogP contribution is 2.37. The molecule has 1 aliphatic carbocycles. The second-order valence-corrected chi connectivity index (χ2v) is 13.4. The average Bonchev–Trinajstić information content (AvgIpc) is 3.37. The van der Waals surface area contributed by atoms with Gasteiger partial charge in [-0.3, -0.25) is 9.80 Å². The first-order chi connectivity index (χ1) is 21.3. The maximum absolute atomic E-state index is 13.4. The smallest absolute Gasteiger partial charge is 0.419 e. The first kappa shape index (κ1) is 30.5. The molecular weight excluding hydrogens is 548 g/mol. The van der Waals surface area contributed by atoms with Crippen LogP contribution in [0.2, 0.25) is 0 Å². The van der Waals surface area contributed by atoms with Crippen LogP contribution in [0.25, 0.3) is 21.8 Å². The molecular formula is C37H48N4O3. The third-order valence-corrected chi connectivity index (χ3v) is 9.33. The van der Waals surface area contributed by atoms with Crippen LogP contribution in [0.1, 0.15) is 51.7 Å². The number of benzene rings is 3. The van der Waals surface area contributed by atoms with Gasteiger partial charge >= 0.3 is 6.09 Å². The van der Waals surface area contributed by atoms with Crippen LogP contribution in [0.15, 0.2) is 60.7 Å². The molecule has 0 radical (unpaired) electrons. The van der Waals surface area contributed by atoms with E-state index in [1.54, 1.807) is 11.7 Å². The molecule has 7 nitrogen and oxygen atoms in total. The zero-order chi connectivity index (χ0) is 30.8. The Kier molecular flexibility index (Phi) is 8.88. The highest BCUT2D eigenvalue weighted by Gasteiger charge is 2.28. The molecule has 7 heteroatoms. The highest BCUT2D eigenvalue weighted by molar-refractivity contribution is 6.17. The third-order valence-electron chi connectivity index (χ3n) is 9.33. The van der Waals surface area contributed by atoms with Gasteiger partial charge in [-0.25, -0.2) is 9.36 Å². The zero-order valence-electron chi connectivity index (χ0n) is 27.1. The first-order valence-electron chi connectivity index (χ1n) is 16.4. The number of hydrogen-bond acceptors (Lipinski definition) is 6. The number of methoxy groups -OCH3 is 1. The van der Waals surface area contributed by atoms with Crippen LogP contribution in [-0.2, 0) is 17.6 Å². The van der Waals surface area contributed by atoms with Crippen LogP contribution in [0, 0.1) is 0 Å². The van der Waals surface area contributed by atoms with Crippen molar-refractivity contribution in [2.75, 3.05) is 57.8 Å². The number of hydrogen-bond donors (Lipinski definition) is 0. The number of piperazine rings is 1. The summed E-state index contributed by atoms with van der Waals surface area (Å²) in [5, 5.41) is 2.22. The Labute approximate surface area is 262 Å². The van der Waals surface area contributed by atoms with Crippen molar-refractivity contribution < 1.29 is 14.3 Å². The van der Waals surface area contributed by atoms with Gasteiger partial charge in [0.05, 0.1) is 18.1 Å². The van der Waals surface area contributed by atoms with Crippen molar-refractivity contribution in [1.29, 1.82) is 0 Å². The minimum atomic E-state index is -0.565. The average molecular weight is 597 g/mol. The van der Waals surface area contributed by atoms with Crippen molar-refractivity contribution in [3.05, 3.63) is 71.8 Å². The predicted molar refractivity (Wildman–Crippen MR) is 180 cm³/mol. The minimum absolute atomic E-state index is 0.331. The maximum Gasteiger partial charge on any atom is 0.419 e. The predicted octanol–water partition coefficient (Wildman–Crippen LogP) is 6.98. The van der Waals surface area contributed by atoms with Crippen LogP contribution < -0.4 is 9.64 Å². The topological polar surface area (TPSA) is 50.2 Å². The van der Waals surface area contributed by atoms with E-state index in [2.05, 4.69) is 64.1 Å². The Bertz CT molecular complexity index is 1610. The van der Waals surface area contributed by atoms with Crippen LogP contribution in [0.4, 0.5) is 10.5 Å². The Morgan fingerprint density at radius 1 is 0.932 bits per heavy atom. The molecule has 1 aromatic heterocycles. The quantitative estimate of drug-likeness (QED) is 0.219. The second kappa shape index (κ2) is 12.8. The van der Waals surface area contributed by atoms with E-state index in [0.29, 0.717) is 6.04 Å². The molecule has 0 bridgehead atoms. The largest absolute Gasteiger partial charge is 0.496 e. The monoisotopic (exact) mass is 596 g/mol. The number of ether oxygens (including phenoxy) is 2. The van der Waals surface area contributed by atoms with Crippen molar-refractivity contribution in [2.24, 2.45) is 0 Å². The summed E-state index contributed by atoms with van der Waals surface area (Å²) in [4.78, 5) is 21.2. The lowest BCUT2D eigenvalue weighted by atomic mass is 9.86. The van der Waals surface area contributed by atoms with E-state index in [9.17, 15) is 4.79 Å². The molecule has 1 saturated heterocycles. The fraction of sp³-hybridized carbons (Fsp3) is 0.486. The van der Waals surface area contributed by atoms with Crippen molar-refractivity contribution >= 4 is 33.6 Å². The SMILES string of the molecule is CCCN(CCN1CCN(c2cccc3c2c2ccccc2n3C(=O)OC(C)(C)C)CC1)[C@H]1CCc2c(cccc2OC)C1. The van der Waals surface area contributed by atoms with Crippen molar-refractivity contribution in [1.82, 2.24) is 14.4 Å². The van der Waals surface area contributed by atoms with E-state index in [1.807, 2.05) is 39.0 Å². The van der Waals surface area contributed by atoms with E-state index in [1.165, 1.54) is 29.7 Å². The van der Waals surface area contributed by atoms with Gasteiger partial charge in [0.1, 0.15) is 11.4 Å². The summed E-state index contributed by atoms with van der Waals surface area (Å²) in [6.07, 6.45) is 4.25. The molecule has 0 N–H and O–H groups in total. The summed E-state index contributed by atoms with van der Waals surface area (Å²) in [5.41, 5.74) is 5.29. The molecule has 6 rings (SSSR count). The van der Waals surface area contributed by atoms with E-state index in [0.717, 1.165) is 86.2 Å². The van der Waals surface area contributed by atoms with Gasteiger partial charge < -0.3 is 14.4 Å². The minimum Gasteiger partial charge on any atom is -0.496 e. The summed E-state index contributed by atoms with van der Waals surface area (Å²) < 4.78 is 13.2. The Morgan fingerprint density at radius 2 is 1.68 bits per heavy atom. The van der Waals surface area contributed by atoms with Gasteiger partial charge in [-0.05, 0) is 88.4 Å². The van der Waals surface area contributed by atoms with Crippen LogP contribution >= 0.6 is 0 Å². The molecule has 0 amide bonds. The summed E-state index contributed by atoms with van der Waals surface area (Å²) in [6.45, 7) is 15.4. The van der Waals surface area contributed by atoms with Crippen LogP contribution in [0.5, 0.6) is 5.75 Å². The molecule has 1 fully saturated rings. The van der Waals surface area contributed by atoms with E-state index < -0.39 is 5.60 Å². The molecule has 0 unspecified atom stereocenters. The molecule has 1 atom stereocenters. The van der Waals surface area contributed by atoms with Gasteiger partial charge in [-0.15, -0.1) is 0 Å². The van der Waals surface area contributed by atoms with Gasteiger partial charge in [0, 0.05) is 61.8 Å².